The van der Waals surface area contributed by atoms with Crippen molar-refractivity contribution in [2.24, 2.45) is 11.7 Å². The second-order valence-electron chi connectivity index (χ2n) is 6.10. The van der Waals surface area contributed by atoms with Crippen LogP contribution >= 0.6 is 0 Å². The molecule has 24 heavy (non-hydrogen) atoms. The first-order chi connectivity index (χ1) is 11.2. The smallest absolute Gasteiger partial charge is 0.325 e. The highest BCUT2D eigenvalue weighted by molar-refractivity contribution is 5.91. The molecule has 132 valence electrons. The molecule has 0 unspecified atom stereocenters. The van der Waals surface area contributed by atoms with Gasteiger partial charge in [0.05, 0.1) is 6.04 Å². The predicted molar refractivity (Wildman–Crippen MR) is 90.1 cm³/mol. The summed E-state index contributed by atoms with van der Waals surface area (Å²) in [6.07, 6.45) is 0.352. The molecule has 1 rings (SSSR count). The van der Waals surface area contributed by atoms with Crippen LogP contribution in [-0.2, 0) is 20.8 Å². The van der Waals surface area contributed by atoms with Gasteiger partial charge in [-0.25, -0.2) is 0 Å². The van der Waals surface area contributed by atoms with Gasteiger partial charge in [-0.1, -0.05) is 44.2 Å². The van der Waals surface area contributed by atoms with Gasteiger partial charge in [0.25, 0.3) is 0 Å². The number of hydrogen-bond acceptors (Lipinski definition) is 4. The summed E-state index contributed by atoms with van der Waals surface area (Å²) in [5.41, 5.74) is 6.83. The third kappa shape index (κ3) is 6.00. The van der Waals surface area contributed by atoms with Crippen molar-refractivity contribution in [3.8, 4) is 0 Å². The average molecular weight is 335 g/mol. The molecule has 0 fully saturated rings. The van der Waals surface area contributed by atoms with Crippen molar-refractivity contribution < 1.29 is 19.5 Å². The number of benzene rings is 1. The molecule has 0 heterocycles. The maximum Gasteiger partial charge on any atom is 0.325 e. The van der Waals surface area contributed by atoms with Crippen LogP contribution in [0.5, 0.6) is 0 Å². The number of nitrogens with one attached hydrogen (secondary N) is 2. The standard InChI is InChI=1S/C17H25N3O4/c1-10(2)14(16(22)19-11(3)17(23)24)20-15(21)13(18)9-12-7-5-4-6-8-12/h4-8,10-11,13-14H,9,18H2,1-3H3,(H,19,22)(H,20,21)(H,23,24)/t11-,13-,14-/m0/s1. The summed E-state index contributed by atoms with van der Waals surface area (Å²) in [5, 5.41) is 13.8. The molecule has 5 N–H and O–H groups in total. The lowest BCUT2D eigenvalue weighted by atomic mass is 10.0. The Hall–Kier alpha value is -2.41. The van der Waals surface area contributed by atoms with Crippen molar-refractivity contribution >= 4 is 17.8 Å². The molecule has 0 bridgehead atoms. The molecule has 0 aliphatic heterocycles. The Morgan fingerprint density at radius 2 is 1.62 bits per heavy atom. The first-order valence-electron chi connectivity index (χ1n) is 7.85. The fraction of sp³-hybridized carbons (Fsp3) is 0.471. The van der Waals surface area contributed by atoms with E-state index in [1.54, 1.807) is 13.8 Å². The van der Waals surface area contributed by atoms with E-state index >= 15 is 0 Å². The van der Waals surface area contributed by atoms with E-state index in [2.05, 4.69) is 10.6 Å². The number of carboxylic acids is 1. The van der Waals surface area contributed by atoms with Crippen LogP contribution < -0.4 is 16.4 Å². The highest BCUT2D eigenvalue weighted by atomic mass is 16.4. The van der Waals surface area contributed by atoms with Crippen LogP contribution in [0.4, 0.5) is 0 Å². The molecular weight excluding hydrogens is 310 g/mol. The summed E-state index contributed by atoms with van der Waals surface area (Å²) in [7, 11) is 0. The number of hydrogen-bond donors (Lipinski definition) is 4. The summed E-state index contributed by atoms with van der Waals surface area (Å²) in [6.45, 7) is 4.89. The van der Waals surface area contributed by atoms with Gasteiger partial charge in [-0.2, -0.15) is 0 Å². The summed E-state index contributed by atoms with van der Waals surface area (Å²) in [6, 6.07) is 6.66. The maximum atomic E-state index is 12.3. The van der Waals surface area contributed by atoms with Crippen molar-refractivity contribution in [1.29, 1.82) is 0 Å². The maximum absolute atomic E-state index is 12.3. The molecule has 7 heteroatoms. The van der Waals surface area contributed by atoms with Crippen LogP contribution in [0.3, 0.4) is 0 Å². The van der Waals surface area contributed by atoms with E-state index in [1.165, 1.54) is 6.92 Å². The Morgan fingerprint density at radius 1 is 1.04 bits per heavy atom. The molecule has 1 aromatic rings. The molecule has 2 amide bonds. The fourth-order valence-electron chi connectivity index (χ4n) is 2.12. The molecule has 1 aromatic carbocycles. The molecule has 0 aliphatic rings. The van der Waals surface area contributed by atoms with E-state index in [0.29, 0.717) is 6.42 Å². The van der Waals surface area contributed by atoms with Crippen molar-refractivity contribution in [3.05, 3.63) is 35.9 Å². The highest BCUT2D eigenvalue weighted by Gasteiger charge is 2.28. The minimum atomic E-state index is -1.14. The minimum Gasteiger partial charge on any atom is -0.480 e. The lowest BCUT2D eigenvalue weighted by molar-refractivity contribution is -0.142. The quantitative estimate of drug-likeness (QED) is 0.544. The Labute approximate surface area is 141 Å². The Morgan fingerprint density at radius 3 is 2.12 bits per heavy atom. The Balaban J connectivity index is 2.68. The van der Waals surface area contributed by atoms with Crippen molar-refractivity contribution in [2.45, 2.75) is 45.3 Å². The number of nitrogens with two attached hydrogens (primary N) is 1. The van der Waals surface area contributed by atoms with Gasteiger partial charge in [0.2, 0.25) is 11.8 Å². The first-order valence-corrected chi connectivity index (χ1v) is 7.85. The minimum absolute atomic E-state index is 0.209. The molecule has 0 aliphatic carbocycles. The topological polar surface area (TPSA) is 122 Å². The van der Waals surface area contributed by atoms with Gasteiger partial charge in [-0.3, -0.25) is 14.4 Å². The molecule has 0 saturated carbocycles. The van der Waals surface area contributed by atoms with Gasteiger partial charge in [0, 0.05) is 0 Å². The van der Waals surface area contributed by atoms with Crippen molar-refractivity contribution in [1.82, 2.24) is 10.6 Å². The van der Waals surface area contributed by atoms with Gasteiger partial charge in [-0.05, 0) is 24.8 Å². The SMILES string of the molecule is CC(C)[C@H](NC(=O)[C@@H](N)Cc1ccccc1)C(=O)N[C@@H](C)C(=O)O. The second-order valence-corrected chi connectivity index (χ2v) is 6.10. The Kier molecular flexibility index (Phi) is 7.38. The fourth-order valence-corrected chi connectivity index (χ4v) is 2.12. The monoisotopic (exact) mass is 335 g/mol. The first kappa shape index (κ1) is 19.6. The molecule has 0 spiro atoms. The third-order valence-corrected chi connectivity index (χ3v) is 3.61. The second kappa shape index (κ2) is 9.02. The van der Waals surface area contributed by atoms with Gasteiger partial charge in [0.1, 0.15) is 12.1 Å². The van der Waals surface area contributed by atoms with E-state index in [1.807, 2.05) is 30.3 Å². The number of rotatable bonds is 8. The van der Waals surface area contributed by atoms with Crippen LogP contribution in [-0.4, -0.2) is 41.0 Å². The van der Waals surface area contributed by atoms with Gasteiger partial charge < -0.3 is 21.5 Å². The predicted octanol–water partition coefficient (Wildman–Crippen LogP) is 0.287. The molecule has 0 aromatic heterocycles. The lowest BCUT2D eigenvalue weighted by Crippen LogP contribution is -2.56. The average Bonchev–Trinajstić information content (AvgIpc) is 2.52. The van der Waals surface area contributed by atoms with E-state index in [4.69, 9.17) is 10.8 Å². The number of amides is 2. The summed E-state index contributed by atoms with van der Waals surface area (Å²) < 4.78 is 0. The van der Waals surface area contributed by atoms with Gasteiger partial charge in [-0.15, -0.1) is 0 Å². The van der Waals surface area contributed by atoms with Gasteiger partial charge in [0.15, 0.2) is 0 Å². The molecule has 7 nitrogen and oxygen atoms in total. The van der Waals surface area contributed by atoms with Crippen LogP contribution in [0.25, 0.3) is 0 Å². The molecule has 3 atom stereocenters. The van der Waals surface area contributed by atoms with E-state index in [-0.39, 0.29) is 5.92 Å². The van der Waals surface area contributed by atoms with Crippen LogP contribution in [0.1, 0.15) is 26.3 Å². The third-order valence-electron chi connectivity index (χ3n) is 3.61. The lowest BCUT2D eigenvalue weighted by Gasteiger charge is -2.24. The number of carboxylic acid groups (broad SMARTS) is 1. The van der Waals surface area contributed by atoms with E-state index in [9.17, 15) is 14.4 Å². The molecular formula is C17H25N3O4. The number of carbonyl (C=O) groups is 3. The largest absolute Gasteiger partial charge is 0.480 e. The van der Waals surface area contributed by atoms with Crippen LogP contribution in [0, 0.1) is 5.92 Å². The van der Waals surface area contributed by atoms with E-state index in [0.717, 1.165) is 5.56 Å². The zero-order chi connectivity index (χ0) is 18.3. The Bertz CT molecular complexity index is 574. The summed E-state index contributed by atoms with van der Waals surface area (Å²) in [5.74, 6) is -2.34. The normalized spacial score (nSPS) is 14.5. The summed E-state index contributed by atoms with van der Waals surface area (Å²) in [4.78, 5) is 35.3. The van der Waals surface area contributed by atoms with Crippen molar-refractivity contribution in [2.75, 3.05) is 0 Å². The van der Waals surface area contributed by atoms with Crippen LogP contribution in [0.15, 0.2) is 30.3 Å². The van der Waals surface area contributed by atoms with Crippen molar-refractivity contribution in [3.63, 3.8) is 0 Å². The zero-order valence-corrected chi connectivity index (χ0v) is 14.2. The zero-order valence-electron chi connectivity index (χ0n) is 14.2. The number of aliphatic carboxylic acids is 1. The number of carbonyl (C=O) groups excluding carboxylic acids is 2. The highest BCUT2D eigenvalue weighted by Crippen LogP contribution is 2.06. The molecule has 0 radical (unpaired) electrons. The van der Waals surface area contributed by atoms with Gasteiger partial charge >= 0.3 is 5.97 Å². The summed E-state index contributed by atoms with van der Waals surface area (Å²) >= 11 is 0. The van der Waals surface area contributed by atoms with E-state index < -0.39 is 35.9 Å². The van der Waals surface area contributed by atoms with Crippen LogP contribution in [0.2, 0.25) is 0 Å². The molecule has 0 saturated heterocycles.